The predicted octanol–water partition coefficient (Wildman–Crippen LogP) is 2.84. The van der Waals surface area contributed by atoms with Gasteiger partial charge in [-0.1, -0.05) is 6.07 Å². The molecule has 0 spiro atoms. The van der Waals surface area contributed by atoms with Crippen molar-refractivity contribution in [3.63, 3.8) is 0 Å². The van der Waals surface area contributed by atoms with Gasteiger partial charge in [0.25, 0.3) is 5.91 Å². The van der Waals surface area contributed by atoms with Gasteiger partial charge in [-0.15, -0.1) is 5.10 Å². The molecule has 1 fully saturated rings. The highest BCUT2D eigenvalue weighted by Crippen LogP contribution is 2.37. The Labute approximate surface area is 116 Å². The molecule has 1 heterocycles. The quantitative estimate of drug-likeness (QED) is 0.912. The van der Waals surface area contributed by atoms with Crippen LogP contribution in [0.2, 0.25) is 0 Å². The second-order valence-electron chi connectivity index (χ2n) is 4.37. The largest absolute Gasteiger partial charge is 0.316 e. The number of anilines is 1. The number of rotatable bonds is 3. The maximum absolute atomic E-state index is 13.6. The Morgan fingerprint density at radius 1 is 1.47 bits per heavy atom. The Hall–Kier alpha value is -1.76. The number of carbonyl (C=O) groups is 1. The summed E-state index contributed by atoms with van der Waals surface area (Å²) in [6.45, 7) is 0. The highest BCUT2D eigenvalue weighted by molar-refractivity contribution is 9.10. The van der Waals surface area contributed by atoms with Gasteiger partial charge in [0.05, 0.1) is 5.69 Å². The first kappa shape index (κ1) is 12.3. The van der Waals surface area contributed by atoms with E-state index in [9.17, 15) is 9.18 Å². The fraction of sp³-hybridized carbons (Fsp3) is 0.250. The van der Waals surface area contributed by atoms with E-state index in [0.29, 0.717) is 10.4 Å². The minimum absolute atomic E-state index is 0.0250. The zero-order valence-electron chi connectivity index (χ0n) is 9.78. The third-order valence-electron chi connectivity index (χ3n) is 2.87. The summed E-state index contributed by atoms with van der Waals surface area (Å²) in [4.78, 5) is 16.0. The number of H-pyrrole nitrogens is 1. The van der Waals surface area contributed by atoms with Gasteiger partial charge in [0.1, 0.15) is 11.6 Å². The molecule has 2 N–H and O–H groups in total. The Morgan fingerprint density at radius 3 is 2.95 bits per heavy atom. The van der Waals surface area contributed by atoms with Crippen LogP contribution in [0.1, 0.15) is 35.2 Å². The predicted molar refractivity (Wildman–Crippen MR) is 70.4 cm³/mol. The maximum Gasteiger partial charge on any atom is 0.295 e. The van der Waals surface area contributed by atoms with Crippen LogP contribution in [0.4, 0.5) is 10.1 Å². The van der Waals surface area contributed by atoms with Crippen molar-refractivity contribution >= 4 is 27.5 Å². The van der Waals surface area contributed by atoms with E-state index < -0.39 is 11.7 Å². The summed E-state index contributed by atoms with van der Waals surface area (Å²) in [6, 6.07) is 4.47. The lowest BCUT2D eigenvalue weighted by Gasteiger charge is -2.06. The molecule has 1 aromatic carbocycles. The van der Waals surface area contributed by atoms with E-state index in [1.54, 1.807) is 12.1 Å². The van der Waals surface area contributed by atoms with Crippen molar-refractivity contribution in [1.82, 2.24) is 15.2 Å². The van der Waals surface area contributed by atoms with E-state index in [0.717, 1.165) is 18.7 Å². The fourth-order valence-corrected chi connectivity index (χ4v) is 2.14. The van der Waals surface area contributed by atoms with Gasteiger partial charge < -0.3 is 5.32 Å². The monoisotopic (exact) mass is 324 g/mol. The van der Waals surface area contributed by atoms with Crippen LogP contribution < -0.4 is 5.32 Å². The number of aromatic amines is 1. The van der Waals surface area contributed by atoms with Gasteiger partial charge in [-0.3, -0.25) is 9.89 Å². The molecule has 1 aromatic heterocycles. The van der Waals surface area contributed by atoms with E-state index in [2.05, 4.69) is 36.4 Å². The molecular formula is C12H10BrFN4O. The summed E-state index contributed by atoms with van der Waals surface area (Å²) in [5.41, 5.74) is 0.0882. The molecule has 0 unspecified atom stereocenters. The number of para-hydroxylation sites is 1. The number of carbonyl (C=O) groups excluding carboxylic acids is 1. The molecule has 0 saturated heterocycles. The number of aromatic nitrogens is 3. The number of amides is 1. The van der Waals surface area contributed by atoms with Crippen molar-refractivity contribution in [2.45, 2.75) is 18.8 Å². The molecule has 1 aliphatic carbocycles. The average Bonchev–Trinajstić information content (AvgIpc) is 3.12. The molecule has 7 heteroatoms. The molecule has 0 aliphatic heterocycles. The Kier molecular flexibility index (Phi) is 3.06. The highest BCUT2D eigenvalue weighted by atomic mass is 79.9. The lowest BCUT2D eigenvalue weighted by molar-refractivity contribution is 0.101. The van der Waals surface area contributed by atoms with Crippen LogP contribution in [0, 0.1) is 5.82 Å². The molecule has 5 nitrogen and oxygen atoms in total. The molecular weight excluding hydrogens is 315 g/mol. The van der Waals surface area contributed by atoms with Gasteiger partial charge in [-0.25, -0.2) is 9.37 Å². The fourth-order valence-electron chi connectivity index (χ4n) is 1.70. The molecule has 0 radical (unpaired) electrons. The standard InChI is InChI=1S/C12H10BrFN4O/c13-7-2-1-3-8(14)9(7)15-12(19)11-16-10(17-18-11)6-4-5-6/h1-3,6H,4-5H2,(H,15,19)(H,16,17,18). The third-order valence-corrected chi connectivity index (χ3v) is 3.53. The molecule has 0 atom stereocenters. The summed E-state index contributed by atoms with van der Waals surface area (Å²) in [7, 11) is 0. The van der Waals surface area contributed by atoms with Crippen molar-refractivity contribution < 1.29 is 9.18 Å². The van der Waals surface area contributed by atoms with Crippen molar-refractivity contribution in [1.29, 1.82) is 0 Å². The van der Waals surface area contributed by atoms with Crippen LogP contribution >= 0.6 is 15.9 Å². The van der Waals surface area contributed by atoms with Gasteiger partial charge in [-0.05, 0) is 40.9 Å². The van der Waals surface area contributed by atoms with Gasteiger partial charge in [-0.2, -0.15) is 0 Å². The highest BCUT2D eigenvalue weighted by Gasteiger charge is 2.28. The second-order valence-corrected chi connectivity index (χ2v) is 5.22. The number of nitrogens with one attached hydrogen (secondary N) is 2. The van der Waals surface area contributed by atoms with Crippen LogP contribution in [0.15, 0.2) is 22.7 Å². The third kappa shape index (κ3) is 2.51. The Balaban J connectivity index is 1.80. The van der Waals surface area contributed by atoms with E-state index in [4.69, 9.17) is 0 Å². The summed E-state index contributed by atoms with van der Waals surface area (Å²) in [5, 5.41) is 9.04. The molecule has 1 aliphatic rings. The lowest BCUT2D eigenvalue weighted by atomic mass is 10.3. The van der Waals surface area contributed by atoms with Crippen molar-refractivity contribution in [2.24, 2.45) is 0 Å². The smallest absolute Gasteiger partial charge is 0.295 e. The second kappa shape index (κ2) is 4.73. The van der Waals surface area contributed by atoms with Gasteiger partial charge in [0.2, 0.25) is 5.82 Å². The van der Waals surface area contributed by atoms with Crippen LogP contribution in [0.5, 0.6) is 0 Å². The molecule has 0 bridgehead atoms. The summed E-state index contributed by atoms with van der Waals surface area (Å²) < 4.78 is 14.0. The van der Waals surface area contributed by atoms with E-state index in [1.807, 2.05) is 0 Å². The first-order valence-electron chi connectivity index (χ1n) is 5.83. The molecule has 1 amide bonds. The van der Waals surface area contributed by atoms with Gasteiger partial charge in [0.15, 0.2) is 0 Å². The van der Waals surface area contributed by atoms with E-state index in [1.165, 1.54) is 6.07 Å². The average molecular weight is 325 g/mol. The van der Waals surface area contributed by atoms with Crippen LogP contribution in [-0.4, -0.2) is 21.1 Å². The number of nitrogens with zero attached hydrogens (tertiary/aromatic N) is 2. The zero-order chi connectivity index (χ0) is 13.4. The van der Waals surface area contributed by atoms with Crippen LogP contribution in [0.25, 0.3) is 0 Å². The molecule has 1 saturated carbocycles. The SMILES string of the molecule is O=C(Nc1c(F)cccc1Br)c1n[nH]c(C2CC2)n1. The van der Waals surface area contributed by atoms with Crippen molar-refractivity contribution in [2.75, 3.05) is 5.32 Å². The maximum atomic E-state index is 13.6. The topological polar surface area (TPSA) is 70.7 Å². The summed E-state index contributed by atoms with van der Waals surface area (Å²) >= 11 is 3.18. The minimum atomic E-state index is -0.533. The molecule has 19 heavy (non-hydrogen) atoms. The first-order chi connectivity index (χ1) is 9.15. The number of halogens is 2. The van der Waals surface area contributed by atoms with Crippen LogP contribution in [0.3, 0.4) is 0 Å². The molecule has 3 rings (SSSR count). The Bertz CT molecular complexity index is 618. The number of hydrogen-bond donors (Lipinski definition) is 2. The van der Waals surface area contributed by atoms with Gasteiger partial charge in [0, 0.05) is 10.4 Å². The van der Waals surface area contributed by atoms with E-state index >= 15 is 0 Å². The number of hydrogen-bond acceptors (Lipinski definition) is 3. The summed E-state index contributed by atoms with van der Waals surface area (Å²) in [5.74, 6) is 0.0821. The minimum Gasteiger partial charge on any atom is -0.316 e. The molecule has 98 valence electrons. The van der Waals surface area contributed by atoms with Crippen LogP contribution in [-0.2, 0) is 0 Å². The normalized spacial score (nSPS) is 14.4. The van der Waals surface area contributed by atoms with Gasteiger partial charge >= 0.3 is 0 Å². The molecule has 2 aromatic rings. The first-order valence-corrected chi connectivity index (χ1v) is 6.62. The Morgan fingerprint density at radius 2 is 2.26 bits per heavy atom. The van der Waals surface area contributed by atoms with Crippen molar-refractivity contribution in [3.8, 4) is 0 Å². The van der Waals surface area contributed by atoms with E-state index in [-0.39, 0.29) is 11.5 Å². The lowest BCUT2D eigenvalue weighted by Crippen LogP contribution is -2.15. The zero-order valence-corrected chi connectivity index (χ0v) is 11.4. The van der Waals surface area contributed by atoms with Crippen molar-refractivity contribution in [3.05, 3.63) is 40.1 Å². The summed E-state index contributed by atoms with van der Waals surface area (Å²) in [6.07, 6.45) is 2.13. The number of benzene rings is 1.